The Morgan fingerprint density at radius 2 is 2.07 bits per heavy atom. The fourth-order valence-electron chi connectivity index (χ4n) is 2.13. The van der Waals surface area contributed by atoms with Crippen molar-refractivity contribution in [1.29, 1.82) is 0 Å². The summed E-state index contributed by atoms with van der Waals surface area (Å²) >= 11 is 4.86. The molecule has 0 aromatic carbocycles. The molecule has 1 aliphatic heterocycles. The quantitative estimate of drug-likeness (QED) is 0.746. The number of amides is 1. The van der Waals surface area contributed by atoms with Gasteiger partial charge in [-0.15, -0.1) is 0 Å². The lowest BCUT2D eigenvalue weighted by molar-refractivity contribution is -0.134. The summed E-state index contributed by atoms with van der Waals surface area (Å²) in [6.07, 6.45) is 2.20. The normalized spacial score (nSPS) is 23.2. The van der Waals surface area contributed by atoms with Crippen molar-refractivity contribution in [3.8, 4) is 0 Å². The topological polar surface area (TPSA) is 46.3 Å². The number of hydrogen-bond acceptors (Lipinski definition) is 2. The lowest BCUT2D eigenvalue weighted by Crippen LogP contribution is -2.44. The molecule has 0 bridgehead atoms. The number of rotatable bonds is 3. The van der Waals surface area contributed by atoms with Crippen LogP contribution in [-0.2, 0) is 4.79 Å². The molecule has 2 N–H and O–H groups in total. The van der Waals surface area contributed by atoms with Crippen molar-refractivity contribution in [2.45, 2.75) is 39.7 Å². The molecule has 0 saturated carbocycles. The molecule has 1 saturated heterocycles. The van der Waals surface area contributed by atoms with E-state index in [2.05, 4.69) is 13.8 Å². The molecule has 15 heavy (non-hydrogen) atoms. The molecule has 2 atom stereocenters. The van der Waals surface area contributed by atoms with Crippen molar-refractivity contribution in [2.24, 2.45) is 17.6 Å². The van der Waals surface area contributed by atoms with Crippen LogP contribution in [0.5, 0.6) is 0 Å². The van der Waals surface area contributed by atoms with Gasteiger partial charge in [0.1, 0.15) is 0 Å². The van der Waals surface area contributed by atoms with E-state index in [1.807, 2.05) is 4.90 Å². The van der Waals surface area contributed by atoms with Crippen LogP contribution in [0.15, 0.2) is 0 Å². The van der Waals surface area contributed by atoms with Crippen molar-refractivity contribution in [3.05, 3.63) is 0 Å². The van der Waals surface area contributed by atoms with Gasteiger partial charge in [-0.3, -0.25) is 4.79 Å². The Labute approximate surface area is 97.0 Å². The van der Waals surface area contributed by atoms with Crippen molar-refractivity contribution in [3.63, 3.8) is 0 Å². The standard InChI is InChI=1S/C11H20N2OS/c1-7(2)9-5-4-6-13(9)11(14)8(3)10(12)15/h7-9H,4-6H2,1-3H3,(H2,12,15). The number of thiocarbonyl (C=S) groups is 1. The third-order valence-corrected chi connectivity index (χ3v) is 3.50. The number of carbonyl (C=O) groups excluding carboxylic acids is 1. The SMILES string of the molecule is CC(C(=O)N1CCCC1C(C)C)C(N)=S. The highest BCUT2D eigenvalue weighted by Gasteiger charge is 2.33. The van der Waals surface area contributed by atoms with E-state index in [4.69, 9.17) is 18.0 Å². The zero-order chi connectivity index (χ0) is 11.6. The second-order valence-corrected chi connectivity index (χ2v) is 5.08. The van der Waals surface area contributed by atoms with Gasteiger partial charge in [-0.05, 0) is 25.7 Å². The number of nitrogens with two attached hydrogens (primary N) is 1. The van der Waals surface area contributed by atoms with Crippen LogP contribution in [0.3, 0.4) is 0 Å². The van der Waals surface area contributed by atoms with Crippen LogP contribution in [0, 0.1) is 11.8 Å². The van der Waals surface area contributed by atoms with Gasteiger partial charge >= 0.3 is 0 Å². The Morgan fingerprint density at radius 1 is 1.47 bits per heavy atom. The number of carbonyl (C=O) groups is 1. The Bertz CT molecular complexity index is 265. The third kappa shape index (κ3) is 2.68. The van der Waals surface area contributed by atoms with Crippen LogP contribution in [0.1, 0.15) is 33.6 Å². The fraction of sp³-hybridized carbons (Fsp3) is 0.818. The molecule has 4 heteroatoms. The molecule has 86 valence electrons. The van der Waals surface area contributed by atoms with Gasteiger partial charge in [0, 0.05) is 12.6 Å². The van der Waals surface area contributed by atoms with E-state index < -0.39 is 0 Å². The van der Waals surface area contributed by atoms with E-state index >= 15 is 0 Å². The summed E-state index contributed by atoms with van der Waals surface area (Å²) < 4.78 is 0. The zero-order valence-corrected chi connectivity index (χ0v) is 10.5. The highest BCUT2D eigenvalue weighted by Crippen LogP contribution is 2.25. The average molecular weight is 228 g/mol. The predicted octanol–water partition coefficient (Wildman–Crippen LogP) is 1.56. The molecule has 1 fully saturated rings. The maximum absolute atomic E-state index is 12.1. The smallest absolute Gasteiger partial charge is 0.232 e. The highest BCUT2D eigenvalue weighted by molar-refractivity contribution is 7.80. The maximum Gasteiger partial charge on any atom is 0.232 e. The minimum Gasteiger partial charge on any atom is -0.393 e. The fourth-order valence-corrected chi connectivity index (χ4v) is 2.23. The summed E-state index contributed by atoms with van der Waals surface area (Å²) in [4.78, 5) is 14.3. The largest absolute Gasteiger partial charge is 0.393 e. The summed E-state index contributed by atoms with van der Waals surface area (Å²) in [6, 6.07) is 0.370. The third-order valence-electron chi connectivity index (χ3n) is 3.15. The van der Waals surface area contributed by atoms with E-state index in [1.54, 1.807) is 6.92 Å². The molecule has 0 radical (unpaired) electrons. The first kappa shape index (κ1) is 12.4. The van der Waals surface area contributed by atoms with Crippen LogP contribution < -0.4 is 5.73 Å². The molecule has 1 amide bonds. The first-order valence-corrected chi connectivity index (χ1v) is 5.95. The van der Waals surface area contributed by atoms with Gasteiger partial charge in [0.15, 0.2) is 0 Å². The Morgan fingerprint density at radius 3 is 2.53 bits per heavy atom. The Balaban J connectivity index is 2.70. The zero-order valence-electron chi connectivity index (χ0n) is 9.69. The Hall–Kier alpha value is -0.640. The van der Waals surface area contributed by atoms with Gasteiger partial charge < -0.3 is 10.6 Å². The minimum absolute atomic E-state index is 0.0960. The summed E-state index contributed by atoms with van der Waals surface area (Å²) in [7, 11) is 0. The van der Waals surface area contributed by atoms with Crippen LogP contribution in [0.4, 0.5) is 0 Å². The van der Waals surface area contributed by atoms with Crippen molar-refractivity contribution in [2.75, 3.05) is 6.54 Å². The lowest BCUT2D eigenvalue weighted by Gasteiger charge is -2.29. The van der Waals surface area contributed by atoms with Gasteiger partial charge in [0.2, 0.25) is 5.91 Å². The minimum atomic E-state index is -0.320. The maximum atomic E-state index is 12.1. The molecule has 0 aliphatic carbocycles. The summed E-state index contributed by atoms with van der Waals surface area (Å²) in [5.41, 5.74) is 5.51. The predicted molar refractivity (Wildman–Crippen MR) is 65.5 cm³/mol. The molecule has 2 unspecified atom stereocenters. The second-order valence-electron chi connectivity index (χ2n) is 4.61. The monoisotopic (exact) mass is 228 g/mol. The molecule has 1 aliphatic rings. The van der Waals surface area contributed by atoms with E-state index in [0.717, 1.165) is 19.4 Å². The number of likely N-dealkylation sites (tertiary alicyclic amines) is 1. The van der Waals surface area contributed by atoms with E-state index in [9.17, 15) is 4.79 Å². The summed E-state index contributed by atoms with van der Waals surface area (Å²) in [5.74, 6) is 0.285. The number of nitrogens with zero attached hydrogens (tertiary/aromatic N) is 1. The highest BCUT2D eigenvalue weighted by atomic mass is 32.1. The van der Waals surface area contributed by atoms with Crippen LogP contribution in [0.25, 0.3) is 0 Å². The van der Waals surface area contributed by atoms with Gasteiger partial charge in [-0.25, -0.2) is 0 Å². The average Bonchev–Trinajstić information content (AvgIpc) is 2.63. The van der Waals surface area contributed by atoms with Crippen molar-refractivity contribution < 1.29 is 4.79 Å². The summed E-state index contributed by atoms with van der Waals surface area (Å²) in [6.45, 7) is 6.96. The van der Waals surface area contributed by atoms with Gasteiger partial charge in [-0.1, -0.05) is 26.1 Å². The van der Waals surface area contributed by atoms with Crippen LogP contribution >= 0.6 is 12.2 Å². The molecule has 3 nitrogen and oxygen atoms in total. The second kappa shape index (κ2) is 4.92. The molecule has 0 aromatic rings. The molecule has 1 heterocycles. The number of hydrogen-bond donors (Lipinski definition) is 1. The molecular weight excluding hydrogens is 208 g/mol. The lowest BCUT2D eigenvalue weighted by atomic mass is 10.0. The van der Waals surface area contributed by atoms with E-state index in [-0.39, 0.29) is 11.8 Å². The first-order valence-electron chi connectivity index (χ1n) is 5.55. The van der Waals surface area contributed by atoms with Gasteiger partial charge in [-0.2, -0.15) is 0 Å². The van der Waals surface area contributed by atoms with Crippen LogP contribution in [-0.4, -0.2) is 28.4 Å². The van der Waals surface area contributed by atoms with Crippen molar-refractivity contribution in [1.82, 2.24) is 4.90 Å². The molecule has 0 aromatic heterocycles. The Kier molecular flexibility index (Phi) is 4.08. The van der Waals surface area contributed by atoms with Gasteiger partial charge in [0.05, 0.1) is 10.9 Å². The van der Waals surface area contributed by atoms with E-state index in [0.29, 0.717) is 16.9 Å². The van der Waals surface area contributed by atoms with E-state index in [1.165, 1.54) is 0 Å². The molecule has 1 rings (SSSR count). The molecule has 0 spiro atoms. The first-order chi connectivity index (χ1) is 6.95. The van der Waals surface area contributed by atoms with Crippen molar-refractivity contribution >= 4 is 23.1 Å². The van der Waals surface area contributed by atoms with Crippen LogP contribution in [0.2, 0.25) is 0 Å². The molecular formula is C11H20N2OS. The van der Waals surface area contributed by atoms with Gasteiger partial charge in [0.25, 0.3) is 0 Å². The summed E-state index contributed by atoms with van der Waals surface area (Å²) in [5, 5.41) is 0.